The average Bonchev–Trinajstić information content (AvgIpc) is 2.53. The third-order valence-corrected chi connectivity index (χ3v) is 2.96. The lowest BCUT2D eigenvalue weighted by Crippen LogP contribution is -1.87. The molecule has 0 unspecified atom stereocenters. The van der Waals surface area contributed by atoms with Crippen LogP contribution in [0.5, 0.6) is 5.75 Å². The molecule has 0 amide bonds. The number of rotatable bonds is 4. The Morgan fingerprint density at radius 3 is 2.57 bits per heavy atom. The zero-order valence-electron chi connectivity index (χ0n) is 11.6. The quantitative estimate of drug-likeness (QED) is 0.611. The van der Waals surface area contributed by atoms with Gasteiger partial charge in [-0.15, -0.1) is 0 Å². The molecule has 0 spiro atoms. The third kappa shape index (κ3) is 3.58. The van der Waals surface area contributed by atoms with Gasteiger partial charge >= 0.3 is 0 Å². The first kappa shape index (κ1) is 14.5. The molecular formula is C18H14FNO. The summed E-state index contributed by atoms with van der Waals surface area (Å²) in [4.78, 5) is 0. The van der Waals surface area contributed by atoms with Gasteiger partial charge in [-0.05, 0) is 18.2 Å². The summed E-state index contributed by atoms with van der Waals surface area (Å²) in [5.74, 6) is 0.336. The molecule has 0 fully saturated rings. The Bertz CT molecular complexity index is 726. The van der Waals surface area contributed by atoms with Gasteiger partial charge in [0.05, 0.1) is 18.8 Å². The van der Waals surface area contributed by atoms with E-state index in [1.54, 1.807) is 37.5 Å². The molecule has 0 aliphatic rings. The number of allylic oxidation sites excluding steroid dienone is 3. The average molecular weight is 279 g/mol. The van der Waals surface area contributed by atoms with Crippen molar-refractivity contribution in [2.24, 2.45) is 0 Å². The first-order chi connectivity index (χ1) is 10.3. The largest absolute Gasteiger partial charge is 0.496 e. The summed E-state index contributed by atoms with van der Waals surface area (Å²) in [5.41, 5.74) is 1.46. The summed E-state index contributed by atoms with van der Waals surface area (Å²) in [5, 5.41) is 9.16. The second-order valence-electron chi connectivity index (χ2n) is 4.27. The third-order valence-electron chi connectivity index (χ3n) is 2.96. The second kappa shape index (κ2) is 7.06. The molecule has 0 heterocycles. The van der Waals surface area contributed by atoms with E-state index >= 15 is 0 Å². The molecule has 0 aliphatic heterocycles. The zero-order chi connectivity index (χ0) is 15.1. The Morgan fingerprint density at radius 1 is 1.14 bits per heavy atom. The van der Waals surface area contributed by atoms with Gasteiger partial charge in [-0.2, -0.15) is 5.26 Å². The van der Waals surface area contributed by atoms with Crippen LogP contribution in [0.25, 0.3) is 11.6 Å². The zero-order valence-corrected chi connectivity index (χ0v) is 11.6. The van der Waals surface area contributed by atoms with Gasteiger partial charge in [0, 0.05) is 11.1 Å². The smallest absolute Gasteiger partial charge is 0.131 e. The van der Waals surface area contributed by atoms with Gasteiger partial charge in [-0.25, -0.2) is 4.39 Å². The number of ether oxygens (including phenoxy) is 1. The van der Waals surface area contributed by atoms with E-state index in [9.17, 15) is 4.39 Å². The Labute approximate surface area is 123 Å². The van der Waals surface area contributed by atoms with Gasteiger partial charge in [0.2, 0.25) is 0 Å². The molecule has 0 saturated carbocycles. The van der Waals surface area contributed by atoms with Crippen LogP contribution in [-0.2, 0) is 0 Å². The summed E-state index contributed by atoms with van der Waals surface area (Å²) in [6.45, 7) is 0. The van der Waals surface area contributed by atoms with Crippen LogP contribution in [0.1, 0.15) is 11.1 Å². The van der Waals surface area contributed by atoms with Crippen molar-refractivity contribution in [2.75, 3.05) is 7.11 Å². The maximum atomic E-state index is 13.7. The molecule has 2 nitrogen and oxygen atoms in total. The highest BCUT2D eigenvalue weighted by Crippen LogP contribution is 2.20. The highest BCUT2D eigenvalue weighted by atomic mass is 19.1. The topological polar surface area (TPSA) is 33.0 Å². The van der Waals surface area contributed by atoms with Crippen LogP contribution in [0.2, 0.25) is 0 Å². The van der Waals surface area contributed by atoms with Gasteiger partial charge < -0.3 is 4.74 Å². The molecular weight excluding hydrogens is 265 g/mol. The van der Waals surface area contributed by atoms with Crippen molar-refractivity contribution in [1.82, 2.24) is 0 Å². The van der Waals surface area contributed by atoms with Gasteiger partial charge in [0.1, 0.15) is 11.6 Å². The Morgan fingerprint density at radius 2 is 1.86 bits per heavy atom. The summed E-state index contributed by atoms with van der Waals surface area (Å²) < 4.78 is 18.9. The number of methoxy groups -OCH3 is 1. The van der Waals surface area contributed by atoms with Crippen LogP contribution >= 0.6 is 0 Å². The van der Waals surface area contributed by atoms with Crippen LogP contribution in [0.15, 0.2) is 60.7 Å². The molecule has 0 atom stereocenters. The Kier molecular flexibility index (Phi) is 4.89. The Hall–Kier alpha value is -2.86. The predicted molar refractivity (Wildman–Crippen MR) is 82.0 cm³/mol. The fourth-order valence-corrected chi connectivity index (χ4v) is 1.92. The first-order valence-corrected chi connectivity index (χ1v) is 6.42. The van der Waals surface area contributed by atoms with E-state index < -0.39 is 5.82 Å². The molecule has 0 saturated heterocycles. The molecule has 2 aromatic rings. The minimum absolute atomic E-state index is 0.277. The van der Waals surface area contributed by atoms with E-state index in [1.807, 2.05) is 36.4 Å². The van der Waals surface area contributed by atoms with Crippen LogP contribution < -0.4 is 4.74 Å². The summed E-state index contributed by atoms with van der Waals surface area (Å²) in [6.07, 6.45) is 5.12. The van der Waals surface area contributed by atoms with E-state index in [2.05, 4.69) is 0 Å². The van der Waals surface area contributed by atoms with E-state index in [4.69, 9.17) is 10.00 Å². The predicted octanol–water partition coefficient (Wildman–Crippen LogP) is 4.45. The lowest BCUT2D eigenvalue weighted by molar-refractivity contribution is 0.414. The molecule has 2 rings (SSSR count). The highest BCUT2D eigenvalue weighted by molar-refractivity contribution is 5.79. The van der Waals surface area contributed by atoms with Crippen molar-refractivity contribution in [2.45, 2.75) is 0 Å². The maximum absolute atomic E-state index is 13.7. The van der Waals surface area contributed by atoms with E-state index in [0.29, 0.717) is 5.56 Å². The lowest BCUT2D eigenvalue weighted by Gasteiger charge is -2.03. The van der Waals surface area contributed by atoms with Crippen LogP contribution in [0, 0.1) is 17.1 Å². The van der Waals surface area contributed by atoms with Crippen LogP contribution in [0.4, 0.5) is 4.39 Å². The van der Waals surface area contributed by atoms with Gasteiger partial charge in [0.25, 0.3) is 0 Å². The van der Waals surface area contributed by atoms with Crippen molar-refractivity contribution in [1.29, 1.82) is 5.26 Å². The number of para-hydroxylation sites is 1. The van der Waals surface area contributed by atoms with Gasteiger partial charge in [-0.3, -0.25) is 0 Å². The molecule has 3 heteroatoms. The molecule has 0 aromatic heterocycles. The van der Waals surface area contributed by atoms with Crippen molar-refractivity contribution < 1.29 is 9.13 Å². The number of hydrogen-bond donors (Lipinski definition) is 0. The molecule has 104 valence electrons. The molecule has 0 radical (unpaired) electrons. The number of nitrogens with zero attached hydrogens (tertiary/aromatic N) is 1. The van der Waals surface area contributed by atoms with Gasteiger partial charge in [0.15, 0.2) is 0 Å². The fraction of sp³-hybridized carbons (Fsp3) is 0.0556. The number of hydrogen-bond acceptors (Lipinski definition) is 2. The molecule has 0 aliphatic carbocycles. The number of halogens is 1. The SMILES string of the molecule is COc1ccccc1/C=C/C=C(/C#N)c1ccccc1F. The monoisotopic (exact) mass is 279 g/mol. The number of nitriles is 1. The first-order valence-electron chi connectivity index (χ1n) is 6.42. The molecule has 2 aromatic carbocycles. The summed E-state index contributed by atoms with van der Waals surface area (Å²) in [7, 11) is 1.60. The molecule has 0 N–H and O–H groups in total. The Balaban J connectivity index is 2.29. The van der Waals surface area contributed by atoms with Crippen LogP contribution in [-0.4, -0.2) is 7.11 Å². The van der Waals surface area contributed by atoms with E-state index in [1.165, 1.54) is 6.07 Å². The van der Waals surface area contributed by atoms with Gasteiger partial charge in [-0.1, -0.05) is 48.6 Å². The highest BCUT2D eigenvalue weighted by Gasteiger charge is 2.05. The molecule has 21 heavy (non-hydrogen) atoms. The minimum atomic E-state index is -0.406. The number of benzene rings is 2. The summed E-state index contributed by atoms with van der Waals surface area (Å²) in [6, 6.07) is 15.8. The van der Waals surface area contributed by atoms with E-state index in [0.717, 1.165) is 11.3 Å². The molecule has 0 bridgehead atoms. The minimum Gasteiger partial charge on any atom is -0.496 e. The normalized spacial score (nSPS) is 11.4. The lowest BCUT2D eigenvalue weighted by atomic mass is 10.1. The summed E-state index contributed by atoms with van der Waals surface area (Å²) >= 11 is 0. The van der Waals surface area contributed by atoms with Crippen molar-refractivity contribution in [3.8, 4) is 11.8 Å². The standard InChI is InChI=1S/C18H14FNO/c1-21-18-12-5-2-7-14(18)8-6-9-15(13-20)16-10-3-4-11-17(16)19/h2-12H,1H3/b8-6+,15-9-. The van der Waals surface area contributed by atoms with Crippen molar-refractivity contribution >= 4 is 11.6 Å². The van der Waals surface area contributed by atoms with Crippen molar-refractivity contribution in [3.05, 3.63) is 77.6 Å². The van der Waals surface area contributed by atoms with Crippen LogP contribution in [0.3, 0.4) is 0 Å². The van der Waals surface area contributed by atoms with E-state index in [-0.39, 0.29) is 5.57 Å². The fourth-order valence-electron chi connectivity index (χ4n) is 1.92. The van der Waals surface area contributed by atoms with Crippen molar-refractivity contribution in [3.63, 3.8) is 0 Å². The second-order valence-corrected chi connectivity index (χ2v) is 4.27. The maximum Gasteiger partial charge on any atom is 0.131 e.